The number of carbonyl (C=O) groups is 2. The smallest absolute Gasteiger partial charge is 0.338 e. The van der Waals surface area contributed by atoms with Gasteiger partial charge in [-0.1, -0.05) is 0 Å². The molecule has 0 bridgehead atoms. The number of fused-ring (bicyclic) bond motifs is 3. The lowest BCUT2D eigenvalue weighted by Crippen LogP contribution is -2.34. The zero-order chi connectivity index (χ0) is 17.9. The molecule has 0 saturated carbocycles. The summed E-state index contributed by atoms with van der Waals surface area (Å²) in [5, 5.41) is 3.85. The van der Waals surface area contributed by atoms with Gasteiger partial charge in [-0.15, -0.1) is 0 Å². The Balaban J connectivity index is 1.36. The van der Waals surface area contributed by atoms with Crippen LogP contribution in [0.2, 0.25) is 0 Å². The van der Waals surface area contributed by atoms with E-state index in [0.29, 0.717) is 12.1 Å². The van der Waals surface area contributed by atoms with E-state index in [9.17, 15) is 9.59 Å². The largest absolute Gasteiger partial charge is 0.452 e. The van der Waals surface area contributed by atoms with Crippen LogP contribution in [0.5, 0.6) is 0 Å². The van der Waals surface area contributed by atoms with E-state index in [2.05, 4.69) is 10.3 Å². The standard InChI is InChI=1S/C20H24N2O4/c23-19(21-11-14-4-3-9-25-14)12-26-20(24)13-7-8-18-16(10-13)15-5-1-2-6-17(15)22-18/h7-8,10,14,22H,1-6,9,11-12H2,(H,21,23)/t14-/m0/s1. The van der Waals surface area contributed by atoms with Crippen LogP contribution in [-0.4, -0.2) is 42.7 Å². The van der Waals surface area contributed by atoms with Crippen LogP contribution >= 0.6 is 0 Å². The van der Waals surface area contributed by atoms with Crippen molar-refractivity contribution in [2.24, 2.45) is 0 Å². The molecule has 1 fully saturated rings. The summed E-state index contributed by atoms with van der Waals surface area (Å²) in [5.74, 6) is -0.765. The van der Waals surface area contributed by atoms with Crippen LogP contribution < -0.4 is 5.32 Å². The number of benzene rings is 1. The zero-order valence-corrected chi connectivity index (χ0v) is 14.8. The molecule has 1 aliphatic carbocycles. The molecule has 0 radical (unpaired) electrons. The van der Waals surface area contributed by atoms with Crippen molar-refractivity contribution in [2.75, 3.05) is 19.8 Å². The number of carbonyl (C=O) groups excluding carboxylic acids is 2. The van der Waals surface area contributed by atoms with Crippen LogP contribution in [0.15, 0.2) is 18.2 Å². The molecule has 1 saturated heterocycles. The van der Waals surface area contributed by atoms with Crippen LogP contribution in [0.1, 0.15) is 47.3 Å². The maximum atomic E-state index is 12.3. The highest BCUT2D eigenvalue weighted by atomic mass is 16.5. The summed E-state index contributed by atoms with van der Waals surface area (Å²) in [6, 6.07) is 5.54. The van der Waals surface area contributed by atoms with Crippen LogP contribution in [0.25, 0.3) is 10.9 Å². The van der Waals surface area contributed by atoms with Gasteiger partial charge in [-0.3, -0.25) is 4.79 Å². The average molecular weight is 356 g/mol. The van der Waals surface area contributed by atoms with Crippen molar-refractivity contribution < 1.29 is 19.1 Å². The Morgan fingerprint density at radius 2 is 2.12 bits per heavy atom. The Bertz CT molecular complexity index is 821. The van der Waals surface area contributed by atoms with Gasteiger partial charge in [0.1, 0.15) is 0 Å². The van der Waals surface area contributed by atoms with Gasteiger partial charge in [0.25, 0.3) is 5.91 Å². The molecular formula is C20H24N2O4. The first-order valence-corrected chi connectivity index (χ1v) is 9.39. The summed E-state index contributed by atoms with van der Waals surface area (Å²) in [7, 11) is 0. The van der Waals surface area contributed by atoms with E-state index < -0.39 is 5.97 Å². The molecule has 138 valence electrons. The van der Waals surface area contributed by atoms with Gasteiger partial charge in [0.05, 0.1) is 11.7 Å². The number of hydrogen-bond donors (Lipinski definition) is 2. The number of aromatic amines is 1. The van der Waals surface area contributed by atoms with Crippen molar-refractivity contribution in [1.29, 1.82) is 0 Å². The number of aromatic nitrogens is 1. The van der Waals surface area contributed by atoms with Crippen LogP contribution in [0.4, 0.5) is 0 Å². The second-order valence-electron chi connectivity index (χ2n) is 7.06. The molecule has 1 atom stereocenters. The van der Waals surface area contributed by atoms with Gasteiger partial charge in [-0.2, -0.15) is 0 Å². The molecule has 1 aromatic carbocycles. The fourth-order valence-corrected chi connectivity index (χ4v) is 3.83. The molecule has 2 aromatic rings. The fraction of sp³-hybridized carbons (Fsp3) is 0.500. The van der Waals surface area contributed by atoms with Crippen LogP contribution in [0, 0.1) is 0 Å². The van der Waals surface area contributed by atoms with Crippen LogP contribution in [-0.2, 0) is 27.1 Å². The van der Waals surface area contributed by atoms with E-state index in [1.165, 1.54) is 24.1 Å². The Morgan fingerprint density at radius 3 is 2.96 bits per heavy atom. The highest BCUT2D eigenvalue weighted by molar-refractivity contribution is 5.97. The molecule has 1 amide bonds. The third kappa shape index (κ3) is 3.60. The number of H-pyrrole nitrogens is 1. The zero-order valence-electron chi connectivity index (χ0n) is 14.8. The van der Waals surface area contributed by atoms with Crippen molar-refractivity contribution >= 4 is 22.8 Å². The van der Waals surface area contributed by atoms with Crippen molar-refractivity contribution in [1.82, 2.24) is 10.3 Å². The Hall–Kier alpha value is -2.34. The summed E-state index contributed by atoms with van der Waals surface area (Å²) in [4.78, 5) is 27.6. The molecule has 2 heterocycles. The van der Waals surface area contributed by atoms with Crippen molar-refractivity contribution in [3.8, 4) is 0 Å². The third-order valence-corrected chi connectivity index (χ3v) is 5.22. The molecule has 0 spiro atoms. The normalized spacial score (nSPS) is 19.3. The van der Waals surface area contributed by atoms with Gasteiger partial charge in [-0.25, -0.2) is 4.79 Å². The molecule has 1 aliphatic heterocycles. The van der Waals surface area contributed by atoms with E-state index in [4.69, 9.17) is 9.47 Å². The second kappa shape index (κ2) is 7.50. The van der Waals surface area contributed by atoms with E-state index >= 15 is 0 Å². The predicted octanol–water partition coefficient (Wildman–Crippen LogP) is 2.50. The van der Waals surface area contributed by atoms with Gasteiger partial charge < -0.3 is 19.8 Å². The summed E-state index contributed by atoms with van der Waals surface area (Å²) in [5.41, 5.74) is 4.14. The Kier molecular flexibility index (Phi) is 4.93. The summed E-state index contributed by atoms with van der Waals surface area (Å²) < 4.78 is 10.6. The molecule has 2 N–H and O–H groups in total. The Morgan fingerprint density at radius 1 is 1.23 bits per heavy atom. The van der Waals surface area contributed by atoms with Gasteiger partial charge in [0.15, 0.2) is 6.61 Å². The van der Waals surface area contributed by atoms with E-state index in [1.807, 2.05) is 12.1 Å². The first-order chi connectivity index (χ1) is 12.7. The van der Waals surface area contributed by atoms with Gasteiger partial charge in [0, 0.05) is 29.7 Å². The maximum Gasteiger partial charge on any atom is 0.338 e. The minimum Gasteiger partial charge on any atom is -0.452 e. The maximum absolute atomic E-state index is 12.3. The summed E-state index contributed by atoms with van der Waals surface area (Å²) >= 11 is 0. The first-order valence-electron chi connectivity index (χ1n) is 9.39. The molecule has 0 unspecified atom stereocenters. The third-order valence-electron chi connectivity index (χ3n) is 5.22. The lowest BCUT2D eigenvalue weighted by Gasteiger charge is -2.11. The number of esters is 1. The van der Waals surface area contributed by atoms with Gasteiger partial charge in [0.2, 0.25) is 0 Å². The molecule has 1 aromatic heterocycles. The van der Waals surface area contributed by atoms with E-state index in [1.54, 1.807) is 6.07 Å². The molecule has 4 rings (SSSR count). The molecule has 6 heteroatoms. The first kappa shape index (κ1) is 17.1. The molecule has 2 aliphatic rings. The number of hydrogen-bond acceptors (Lipinski definition) is 4. The SMILES string of the molecule is O=C(COC(=O)c1ccc2[nH]c3c(c2c1)CCCC3)NC[C@@H]1CCCO1. The Labute approximate surface area is 152 Å². The molecule has 6 nitrogen and oxygen atoms in total. The lowest BCUT2D eigenvalue weighted by molar-refractivity contribution is -0.124. The molecule has 26 heavy (non-hydrogen) atoms. The quantitative estimate of drug-likeness (QED) is 0.807. The lowest BCUT2D eigenvalue weighted by atomic mass is 9.95. The minimum atomic E-state index is -0.468. The topological polar surface area (TPSA) is 80.4 Å². The minimum absolute atomic E-state index is 0.0804. The number of ether oxygens (including phenoxy) is 2. The van der Waals surface area contributed by atoms with E-state index in [-0.39, 0.29) is 18.6 Å². The van der Waals surface area contributed by atoms with Crippen molar-refractivity contribution in [3.63, 3.8) is 0 Å². The molecular weight excluding hydrogens is 332 g/mol. The number of rotatable bonds is 5. The average Bonchev–Trinajstić information content (AvgIpc) is 3.31. The summed E-state index contributed by atoms with van der Waals surface area (Å²) in [6.07, 6.45) is 6.56. The van der Waals surface area contributed by atoms with Crippen molar-refractivity contribution in [3.05, 3.63) is 35.0 Å². The van der Waals surface area contributed by atoms with E-state index in [0.717, 1.165) is 43.2 Å². The van der Waals surface area contributed by atoms with Crippen molar-refractivity contribution in [2.45, 2.75) is 44.6 Å². The van der Waals surface area contributed by atoms with Gasteiger partial charge in [-0.05, 0) is 62.3 Å². The predicted molar refractivity (Wildman–Crippen MR) is 97.2 cm³/mol. The second-order valence-corrected chi connectivity index (χ2v) is 7.06. The number of nitrogens with one attached hydrogen (secondary N) is 2. The fourth-order valence-electron chi connectivity index (χ4n) is 3.83. The number of aryl methyl sites for hydroxylation is 2. The van der Waals surface area contributed by atoms with Gasteiger partial charge >= 0.3 is 5.97 Å². The summed E-state index contributed by atoms with van der Waals surface area (Å²) in [6.45, 7) is 0.952. The van der Waals surface area contributed by atoms with Crippen LogP contribution in [0.3, 0.4) is 0 Å². The highest BCUT2D eigenvalue weighted by Gasteiger charge is 2.19. The highest BCUT2D eigenvalue weighted by Crippen LogP contribution is 2.29. The number of amides is 1. The monoisotopic (exact) mass is 356 g/mol.